The van der Waals surface area contributed by atoms with Gasteiger partial charge in [-0.3, -0.25) is 0 Å². The molecule has 4 heteroatoms. The van der Waals surface area contributed by atoms with Gasteiger partial charge in [-0.2, -0.15) is 0 Å². The molecule has 11 aromatic rings. The average molecular weight is 789 g/mol. The molecule has 1 spiro atoms. The number of hydrogen-bond acceptors (Lipinski definition) is 3. The second-order valence-corrected chi connectivity index (χ2v) is 16.3. The highest BCUT2D eigenvalue weighted by molar-refractivity contribution is 6.13. The van der Waals surface area contributed by atoms with Crippen LogP contribution in [0.25, 0.3) is 95.0 Å². The van der Waals surface area contributed by atoms with E-state index in [1.165, 1.54) is 66.4 Å². The fraction of sp³-hybridized carbons (Fsp3) is 0.0172. The number of aromatic nitrogens is 4. The molecule has 1 unspecified atom stereocenters. The van der Waals surface area contributed by atoms with Crippen LogP contribution in [0, 0.1) is 0 Å². The molecule has 13 rings (SSSR count). The first-order chi connectivity index (χ1) is 30.8. The summed E-state index contributed by atoms with van der Waals surface area (Å²) >= 11 is 0. The lowest BCUT2D eigenvalue weighted by atomic mass is 9.65. The fourth-order valence-electron chi connectivity index (χ4n) is 10.6. The van der Waals surface area contributed by atoms with E-state index in [-0.39, 0.29) is 0 Å². The van der Waals surface area contributed by atoms with Gasteiger partial charge >= 0.3 is 0 Å². The summed E-state index contributed by atoms with van der Waals surface area (Å²) in [4.78, 5) is 15.6. The van der Waals surface area contributed by atoms with Gasteiger partial charge in [0.15, 0.2) is 17.5 Å². The van der Waals surface area contributed by atoms with Gasteiger partial charge in [-0.1, -0.05) is 200 Å². The fourth-order valence-corrected chi connectivity index (χ4v) is 10.6. The number of rotatable bonds is 5. The monoisotopic (exact) mass is 788 g/mol. The quantitative estimate of drug-likeness (QED) is 0.174. The zero-order valence-corrected chi connectivity index (χ0v) is 33.6. The van der Waals surface area contributed by atoms with Crippen LogP contribution in [0.3, 0.4) is 0 Å². The zero-order chi connectivity index (χ0) is 40.8. The highest BCUT2D eigenvalue weighted by Crippen LogP contribution is 2.62. The van der Waals surface area contributed by atoms with Crippen molar-refractivity contribution in [1.82, 2.24) is 19.5 Å². The molecule has 288 valence electrons. The molecule has 2 aromatic heterocycles. The summed E-state index contributed by atoms with van der Waals surface area (Å²) in [5.41, 5.74) is 18.2. The summed E-state index contributed by atoms with van der Waals surface area (Å²) in [7, 11) is 0. The van der Waals surface area contributed by atoms with Crippen molar-refractivity contribution in [2.45, 2.75) is 5.41 Å². The van der Waals surface area contributed by atoms with Crippen LogP contribution >= 0.6 is 0 Å². The molecule has 1 aliphatic heterocycles. The van der Waals surface area contributed by atoms with Gasteiger partial charge in [0.1, 0.15) is 0 Å². The Hall–Kier alpha value is -8.21. The molecular formula is C58H36N4. The van der Waals surface area contributed by atoms with Crippen molar-refractivity contribution in [3.8, 4) is 73.2 Å². The summed E-state index contributed by atoms with van der Waals surface area (Å²) in [5.74, 6) is 1.90. The summed E-state index contributed by atoms with van der Waals surface area (Å²) in [6.07, 6.45) is 0. The molecule has 0 saturated heterocycles. The third-order valence-corrected chi connectivity index (χ3v) is 13.1. The molecule has 62 heavy (non-hydrogen) atoms. The van der Waals surface area contributed by atoms with Gasteiger partial charge in [0, 0.05) is 27.5 Å². The lowest BCUT2D eigenvalue weighted by Crippen LogP contribution is -2.33. The third kappa shape index (κ3) is 4.86. The van der Waals surface area contributed by atoms with E-state index in [1.807, 2.05) is 24.3 Å². The Bertz CT molecular complexity index is 3590. The van der Waals surface area contributed by atoms with Crippen molar-refractivity contribution in [3.05, 3.63) is 241 Å². The summed E-state index contributed by atoms with van der Waals surface area (Å²) < 4.78 is 2.50. The minimum Gasteiger partial charge on any atom is -0.309 e. The summed E-state index contributed by atoms with van der Waals surface area (Å²) in [5, 5.41) is 2.55. The minimum atomic E-state index is -0.528. The predicted octanol–water partition coefficient (Wildman–Crippen LogP) is 14.0. The van der Waals surface area contributed by atoms with E-state index in [0.29, 0.717) is 17.5 Å². The zero-order valence-electron chi connectivity index (χ0n) is 33.6. The van der Waals surface area contributed by atoms with Crippen LogP contribution < -0.4 is 0 Å². The van der Waals surface area contributed by atoms with Crippen LogP contribution in [0.15, 0.2) is 218 Å². The van der Waals surface area contributed by atoms with Crippen molar-refractivity contribution >= 4 is 21.8 Å². The van der Waals surface area contributed by atoms with Crippen LogP contribution in [0.5, 0.6) is 0 Å². The van der Waals surface area contributed by atoms with Gasteiger partial charge in [0.2, 0.25) is 0 Å². The molecule has 0 fully saturated rings. The van der Waals surface area contributed by atoms with E-state index < -0.39 is 5.41 Å². The highest BCUT2D eigenvalue weighted by Gasteiger charge is 2.51. The molecule has 0 N–H and O–H groups in total. The maximum absolute atomic E-state index is 5.26. The molecule has 3 heterocycles. The van der Waals surface area contributed by atoms with Crippen molar-refractivity contribution in [1.29, 1.82) is 0 Å². The first-order valence-electron chi connectivity index (χ1n) is 21.2. The number of para-hydroxylation sites is 3. The Labute approximate surface area is 359 Å². The SMILES string of the molecule is c1ccc(-c2nc(-c3cccc(-c4cccc5c4-c4ccccc4C54c5ccccc5-n5c6ccccc6c6cccc4c65)c3)nc(-c3ccccc3-c3ccccc3)n2)cc1. The van der Waals surface area contributed by atoms with Crippen molar-refractivity contribution in [2.75, 3.05) is 0 Å². The molecule has 9 aromatic carbocycles. The van der Waals surface area contributed by atoms with E-state index in [0.717, 1.165) is 33.4 Å². The maximum atomic E-state index is 5.26. The number of benzene rings is 9. The van der Waals surface area contributed by atoms with Crippen LogP contribution in [0.1, 0.15) is 22.3 Å². The standard InChI is InChI=1S/C58H36N4/c1-3-18-37(19-4-1)41-24-7-8-26-45(41)57-60-55(38-20-5-2-6-21-38)59-56(61-57)40-23-15-22-39(36-40)42-28-16-32-49-53(42)46-27-9-11-30-47(46)58(49)48-31-12-14-35-52(48)62-51-34-13-10-25-43(51)44-29-17-33-50(58)54(44)62/h1-36H. The van der Waals surface area contributed by atoms with E-state index >= 15 is 0 Å². The molecule has 4 nitrogen and oxygen atoms in total. The number of fused-ring (bicyclic) bond motifs is 12. The van der Waals surface area contributed by atoms with E-state index in [9.17, 15) is 0 Å². The summed E-state index contributed by atoms with van der Waals surface area (Å²) in [6.45, 7) is 0. The lowest BCUT2D eigenvalue weighted by molar-refractivity contribution is 0.748. The Morgan fingerprint density at radius 1 is 0.323 bits per heavy atom. The molecule has 0 bridgehead atoms. The third-order valence-electron chi connectivity index (χ3n) is 13.1. The van der Waals surface area contributed by atoms with Crippen molar-refractivity contribution < 1.29 is 0 Å². The first-order valence-corrected chi connectivity index (χ1v) is 21.2. The van der Waals surface area contributed by atoms with E-state index in [4.69, 9.17) is 15.0 Å². The molecule has 0 amide bonds. The topological polar surface area (TPSA) is 43.6 Å². The first kappa shape index (κ1) is 34.6. The Kier molecular flexibility index (Phi) is 7.49. The van der Waals surface area contributed by atoms with Gasteiger partial charge in [-0.05, 0) is 73.8 Å². The molecular weight excluding hydrogens is 753 g/mol. The van der Waals surface area contributed by atoms with Crippen LogP contribution in [0.4, 0.5) is 0 Å². The van der Waals surface area contributed by atoms with Crippen LogP contribution in [-0.4, -0.2) is 19.5 Å². The van der Waals surface area contributed by atoms with E-state index in [1.54, 1.807) is 0 Å². The largest absolute Gasteiger partial charge is 0.309 e. The second kappa shape index (κ2) is 13.4. The lowest BCUT2D eigenvalue weighted by Gasteiger charge is -2.39. The molecule has 0 saturated carbocycles. The van der Waals surface area contributed by atoms with Gasteiger partial charge < -0.3 is 4.57 Å². The minimum absolute atomic E-state index is 0.528. The van der Waals surface area contributed by atoms with Crippen LogP contribution in [-0.2, 0) is 5.41 Å². The maximum Gasteiger partial charge on any atom is 0.164 e. The van der Waals surface area contributed by atoms with Gasteiger partial charge in [0.05, 0.1) is 22.1 Å². The van der Waals surface area contributed by atoms with Crippen molar-refractivity contribution in [2.24, 2.45) is 0 Å². The van der Waals surface area contributed by atoms with Gasteiger partial charge in [-0.15, -0.1) is 0 Å². The number of hydrogen-bond donors (Lipinski definition) is 0. The smallest absolute Gasteiger partial charge is 0.164 e. The average Bonchev–Trinajstić information content (AvgIpc) is 3.85. The van der Waals surface area contributed by atoms with Gasteiger partial charge in [-0.25, -0.2) is 15.0 Å². The Morgan fingerprint density at radius 3 is 1.69 bits per heavy atom. The summed E-state index contributed by atoms with van der Waals surface area (Å²) in [6, 6.07) is 78.5. The van der Waals surface area contributed by atoms with Crippen LogP contribution in [0.2, 0.25) is 0 Å². The number of nitrogens with zero attached hydrogens (tertiary/aromatic N) is 4. The van der Waals surface area contributed by atoms with Crippen molar-refractivity contribution in [3.63, 3.8) is 0 Å². The predicted molar refractivity (Wildman–Crippen MR) is 252 cm³/mol. The van der Waals surface area contributed by atoms with Gasteiger partial charge in [0.25, 0.3) is 0 Å². The normalized spacial score (nSPS) is 14.5. The Morgan fingerprint density at radius 2 is 0.855 bits per heavy atom. The second-order valence-electron chi connectivity index (χ2n) is 16.3. The molecule has 2 aliphatic rings. The molecule has 1 atom stereocenters. The highest BCUT2D eigenvalue weighted by atomic mass is 15.0. The van der Waals surface area contributed by atoms with E-state index in [2.05, 4.69) is 199 Å². The Balaban J connectivity index is 1.03. The molecule has 0 radical (unpaired) electrons. The molecule has 1 aliphatic carbocycles.